The molecule has 12 heteroatoms. The SMILES string of the molecule is NCCNC(=O)c1cc(O[C@H]2O[C@H](CO)[C@H](O)[C@H](O)[C@H]2O)cc([N+](=O)[O-])c1. The minimum absolute atomic E-state index is 0.0859. The molecule has 0 spiro atoms. The van der Waals surface area contributed by atoms with Crippen LogP contribution in [0.5, 0.6) is 5.75 Å². The molecule has 5 atom stereocenters. The van der Waals surface area contributed by atoms with E-state index >= 15 is 0 Å². The maximum absolute atomic E-state index is 12.0. The Balaban J connectivity index is 2.27. The van der Waals surface area contributed by atoms with Gasteiger partial charge >= 0.3 is 0 Å². The van der Waals surface area contributed by atoms with E-state index in [1.807, 2.05) is 0 Å². The van der Waals surface area contributed by atoms with Crippen molar-refractivity contribution in [3.63, 3.8) is 0 Å². The first-order valence-corrected chi connectivity index (χ1v) is 8.03. The van der Waals surface area contributed by atoms with Crippen molar-refractivity contribution in [3.05, 3.63) is 33.9 Å². The van der Waals surface area contributed by atoms with Gasteiger partial charge in [0.05, 0.1) is 17.6 Å². The van der Waals surface area contributed by atoms with Gasteiger partial charge in [-0.25, -0.2) is 0 Å². The molecule has 1 heterocycles. The van der Waals surface area contributed by atoms with Gasteiger partial charge in [-0.1, -0.05) is 0 Å². The molecule has 0 bridgehead atoms. The number of ether oxygens (including phenoxy) is 2. The van der Waals surface area contributed by atoms with E-state index in [1.165, 1.54) is 6.07 Å². The molecule has 0 aromatic heterocycles. The smallest absolute Gasteiger partial charge is 0.273 e. The zero-order valence-corrected chi connectivity index (χ0v) is 14.1. The Labute approximate surface area is 153 Å². The molecule has 27 heavy (non-hydrogen) atoms. The third-order valence-corrected chi connectivity index (χ3v) is 3.89. The molecule has 1 fully saturated rings. The lowest BCUT2D eigenvalue weighted by Gasteiger charge is -2.39. The molecule has 0 radical (unpaired) electrons. The molecule has 1 aromatic rings. The molecule has 0 unspecified atom stereocenters. The van der Waals surface area contributed by atoms with Crippen LogP contribution in [0.2, 0.25) is 0 Å². The fraction of sp³-hybridized carbons (Fsp3) is 0.533. The van der Waals surface area contributed by atoms with Crippen LogP contribution < -0.4 is 15.8 Å². The number of carbonyl (C=O) groups is 1. The maximum Gasteiger partial charge on any atom is 0.273 e. The monoisotopic (exact) mass is 387 g/mol. The van der Waals surface area contributed by atoms with Gasteiger partial charge in [-0.05, 0) is 6.07 Å². The fourth-order valence-corrected chi connectivity index (χ4v) is 2.47. The van der Waals surface area contributed by atoms with Gasteiger partial charge in [-0.15, -0.1) is 0 Å². The fourth-order valence-electron chi connectivity index (χ4n) is 2.47. The van der Waals surface area contributed by atoms with Crippen molar-refractivity contribution >= 4 is 11.6 Å². The van der Waals surface area contributed by atoms with Gasteiger partial charge in [-0.3, -0.25) is 14.9 Å². The Bertz CT molecular complexity index is 684. The summed E-state index contributed by atoms with van der Waals surface area (Å²) >= 11 is 0. The van der Waals surface area contributed by atoms with Crippen molar-refractivity contribution in [3.8, 4) is 5.75 Å². The number of non-ortho nitro benzene ring substituents is 1. The number of aliphatic hydroxyl groups is 4. The van der Waals surface area contributed by atoms with Crippen LogP contribution in [-0.4, -0.2) is 81.7 Å². The molecule has 12 nitrogen and oxygen atoms in total. The van der Waals surface area contributed by atoms with E-state index in [2.05, 4.69) is 5.32 Å². The normalized spacial score (nSPS) is 27.8. The summed E-state index contributed by atoms with van der Waals surface area (Å²) in [5, 5.41) is 52.3. The van der Waals surface area contributed by atoms with E-state index in [1.54, 1.807) is 0 Å². The molecular weight excluding hydrogens is 366 g/mol. The van der Waals surface area contributed by atoms with E-state index < -0.39 is 53.8 Å². The largest absolute Gasteiger partial charge is 0.462 e. The number of hydrogen-bond donors (Lipinski definition) is 6. The van der Waals surface area contributed by atoms with Crippen molar-refractivity contribution < 1.29 is 39.6 Å². The van der Waals surface area contributed by atoms with E-state index in [-0.39, 0.29) is 24.4 Å². The highest BCUT2D eigenvalue weighted by Gasteiger charge is 2.44. The van der Waals surface area contributed by atoms with Gasteiger partial charge in [-0.2, -0.15) is 0 Å². The zero-order chi connectivity index (χ0) is 20.1. The minimum atomic E-state index is -1.70. The second kappa shape index (κ2) is 9.03. The predicted octanol–water partition coefficient (Wildman–Crippen LogP) is -2.54. The lowest BCUT2D eigenvalue weighted by atomic mass is 9.99. The van der Waals surface area contributed by atoms with Gasteiger partial charge in [0.1, 0.15) is 30.2 Å². The number of nitrogens with one attached hydrogen (secondary N) is 1. The number of nitrogens with two attached hydrogens (primary N) is 1. The van der Waals surface area contributed by atoms with Gasteiger partial charge in [0.25, 0.3) is 11.6 Å². The topological polar surface area (TPSA) is 198 Å². The third-order valence-electron chi connectivity index (χ3n) is 3.89. The minimum Gasteiger partial charge on any atom is -0.462 e. The number of amides is 1. The third kappa shape index (κ3) is 4.88. The Morgan fingerprint density at radius 2 is 1.96 bits per heavy atom. The average Bonchev–Trinajstić information content (AvgIpc) is 2.66. The highest BCUT2D eigenvalue weighted by atomic mass is 16.7. The van der Waals surface area contributed by atoms with Crippen LogP contribution in [0.3, 0.4) is 0 Å². The van der Waals surface area contributed by atoms with E-state index in [0.717, 1.165) is 12.1 Å². The number of nitrogens with zero attached hydrogens (tertiary/aromatic N) is 1. The molecule has 1 aromatic carbocycles. The standard InChI is InChI=1S/C15H21N3O9/c16-1-2-17-14(23)7-3-8(18(24)25)5-9(4-7)26-15-13(22)12(21)11(20)10(6-19)27-15/h3-5,10-13,15,19-22H,1-2,6,16H2,(H,17,23)/t10-,11+,12+,13-,15+/m1/s1. The van der Waals surface area contributed by atoms with Crippen molar-refractivity contribution in [2.45, 2.75) is 30.7 Å². The first-order chi connectivity index (χ1) is 12.8. The molecule has 150 valence electrons. The summed E-state index contributed by atoms with van der Waals surface area (Å²) in [6.07, 6.45) is -7.70. The van der Waals surface area contributed by atoms with Crippen molar-refractivity contribution in [2.24, 2.45) is 5.73 Å². The summed E-state index contributed by atoms with van der Waals surface area (Å²) in [7, 11) is 0. The second-order valence-electron chi connectivity index (χ2n) is 5.83. The number of nitro benzene ring substituents is 1. The lowest BCUT2D eigenvalue weighted by molar-refractivity contribution is -0.385. The predicted molar refractivity (Wildman–Crippen MR) is 88.9 cm³/mol. The molecule has 0 saturated carbocycles. The lowest BCUT2D eigenvalue weighted by Crippen LogP contribution is -2.60. The number of rotatable bonds is 7. The van der Waals surface area contributed by atoms with Crippen LogP contribution in [0.25, 0.3) is 0 Å². The first kappa shape index (κ1) is 21.0. The Morgan fingerprint density at radius 3 is 2.56 bits per heavy atom. The van der Waals surface area contributed by atoms with Gasteiger partial charge in [0, 0.05) is 24.7 Å². The molecule has 2 rings (SSSR count). The van der Waals surface area contributed by atoms with Gasteiger partial charge in [0.2, 0.25) is 6.29 Å². The Morgan fingerprint density at radius 1 is 1.26 bits per heavy atom. The first-order valence-electron chi connectivity index (χ1n) is 8.03. The second-order valence-corrected chi connectivity index (χ2v) is 5.83. The summed E-state index contributed by atoms with van der Waals surface area (Å²) in [6.45, 7) is -0.328. The summed E-state index contributed by atoms with van der Waals surface area (Å²) in [5.74, 6) is -0.811. The van der Waals surface area contributed by atoms with Crippen LogP contribution in [0, 0.1) is 10.1 Å². The van der Waals surface area contributed by atoms with Crippen molar-refractivity contribution in [1.29, 1.82) is 0 Å². The summed E-state index contributed by atoms with van der Waals surface area (Å²) in [4.78, 5) is 22.4. The van der Waals surface area contributed by atoms with E-state index in [9.17, 15) is 35.3 Å². The number of benzene rings is 1. The highest BCUT2D eigenvalue weighted by molar-refractivity contribution is 5.95. The molecule has 1 saturated heterocycles. The number of hydrogen-bond acceptors (Lipinski definition) is 10. The zero-order valence-electron chi connectivity index (χ0n) is 14.1. The molecule has 1 amide bonds. The molecule has 1 aliphatic rings. The quantitative estimate of drug-likeness (QED) is 0.214. The van der Waals surface area contributed by atoms with Crippen LogP contribution in [0.1, 0.15) is 10.4 Å². The number of nitro groups is 1. The summed E-state index contributed by atoms with van der Waals surface area (Å²) in [5.41, 5.74) is 4.76. The van der Waals surface area contributed by atoms with Gasteiger partial charge < -0.3 is 41.0 Å². The maximum atomic E-state index is 12.0. The van der Waals surface area contributed by atoms with Crippen LogP contribution in [0.15, 0.2) is 18.2 Å². The number of aliphatic hydroxyl groups excluding tert-OH is 4. The molecular formula is C15H21N3O9. The molecule has 1 aliphatic heterocycles. The van der Waals surface area contributed by atoms with Crippen molar-refractivity contribution in [1.82, 2.24) is 5.32 Å². The van der Waals surface area contributed by atoms with Crippen molar-refractivity contribution in [2.75, 3.05) is 19.7 Å². The summed E-state index contributed by atoms with van der Waals surface area (Å²) < 4.78 is 10.5. The highest BCUT2D eigenvalue weighted by Crippen LogP contribution is 2.28. The Kier molecular flexibility index (Phi) is 7.01. The van der Waals surface area contributed by atoms with E-state index in [4.69, 9.17) is 15.2 Å². The van der Waals surface area contributed by atoms with Gasteiger partial charge in [0.15, 0.2) is 0 Å². The summed E-state index contributed by atoms with van der Waals surface area (Å²) in [6, 6.07) is 3.22. The van der Waals surface area contributed by atoms with Crippen LogP contribution in [-0.2, 0) is 4.74 Å². The number of carbonyl (C=O) groups excluding carboxylic acids is 1. The Hall–Kier alpha value is -2.35. The molecule has 0 aliphatic carbocycles. The molecule has 7 N–H and O–H groups in total. The van der Waals surface area contributed by atoms with Crippen LogP contribution >= 0.6 is 0 Å². The van der Waals surface area contributed by atoms with E-state index in [0.29, 0.717) is 0 Å². The van der Waals surface area contributed by atoms with Crippen LogP contribution in [0.4, 0.5) is 5.69 Å². The average molecular weight is 387 g/mol.